The van der Waals surface area contributed by atoms with E-state index in [-0.39, 0.29) is 23.5 Å². The molecule has 2 amide bonds. The van der Waals surface area contributed by atoms with Gasteiger partial charge in [-0.05, 0) is 74.2 Å². The maximum atomic E-state index is 13.1. The molecule has 0 unspecified atom stereocenters. The predicted octanol–water partition coefficient (Wildman–Crippen LogP) is 3.65. The first-order valence-corrected chi connectivity index (χ1v) is 10.2. The van der Waals surface area contributed by atoms with Crippen molar-refractivity contribution in [2.24, 2.45) is 5.92 Å². The summed E-state index contributed by atoms with van der Waals surface area (Å²) in [6.45, 7) is 1.84. The molecule has 2 aliphatic rings. The van der Waals surface area contributed by atoms with Crippen LogP contribution in [0.5, 0.6) is 5.75 Å². The molecule has 5 nitrogen and oxygen atoms in total. The summed E-state index contributed by atoms with van der Waals surface area (Å²) in [7, 11) is 0. The Balaban J connectivity index is 1.28. The monoisotopic (exact) mass is 396 g/mol. The second-order valence-electron chi connectivity index (χ2n) is 7.85. The normalized spacial score (nSPS) is 18.9. The second-order valence-corrected chi connectivity index (χ2v) is 7.85. The topological polar surface area (TPSA) is 58.6 Å². The van der Waals surface area contributed by atoms with Crippen LogP contribution in [0.1, 0.15) is 46.4 Å². The SMILES string of the molecule is O=C(NC1CC1)c1ccc(OC[C@H]2CCCN(C(=O)c3ccc(F)cc3)C2)cc1. The quantitative estimate of drug-likeness (QED) is 0.811. The lowest BCUT2D eigenvalue weighted by molar-refractivity contribution is 0.0633. The molecule has 2 aromatic rings. The van der Waals surface area contributed by atoms with Gasteiger partial charge >= 0.3 is 0 Å². The first-order valence-electron chi connectivity index (χ1n) is 10.2. The average Bonchev–Trinajstić information content (AvgIpc) is 3.57. The van der Waals surface area contributed by atoms with Gasteiger partial charge in [-0.2, -0.15) is 0 Å². The van der Waals surface area contributed by atoms with Gasteiger partial charge in [0, 0.05) is 36.2 Å². The van der Waals surface area contributed by atoms with E-state index in [0.717, 1.165) is 31.4 Å². The molecule has 152 valence electrons. The maximum absolute atomic E-state index is 13.1. The van der Waals surface area contributed by atoms with E-state index in [2.05, 4.69) is 5.32 Å². The molecule has 0 radical (unpaired) electrons. The largest absolute Gasteiger partial charge is 0.493 e. The van der Waals surface area contributed by atoms with Gasteiger partial charge in [0.15, 0.2) is 0 Å². The number of rotatable bonds is 6. The zero-order chi connectivity index (χ0) is 20.2. The van der Waals surface area contributed by atoms with Crippen LogP contribution in [0.4, 0.5) is 4.39 Å². The molecular weight excluding hydrogens is 371 g/mol. The van der Waals surface area contributed by atoms with E-state index in [1.165, 1.54) is 24.3 Å². The predicted molar refractivity (Wildman–Crippen MR) is 107 cm³/mol. The zero-order valence-corrected chi connectivity index (χ0v) is 16.3. The molecule has 4 rings (SSSR count). The molecule has 29 heavy (non-hydrogen) atoms. The third-order valence-electron chi connectivity index (χ3n) is 5.41. The summed E-state index contributed by atoms with van der Waals surface area (Å²) in [6.07, 6.45) is 4.04. The molecule has 1 aliphatic heterocycles. The van der Waals surface area contributed by atoms with E-state index in [4.69, 9.17) is 4.74 Å². The van der Waals surface area contributed by atoms with Crippen LogP contribution in [-0.2, 0) is 0 Å². The van der Waals surface area contributed by atoms with Crippen molar-refractivity contribution in [2.75, 3.05) is 19.7 Å². The van der Waals surface area contributed by atoms with Crippen molar-refractivity contribution < 1.29 is 18.7 Å². The number of carbonyl (C=O) groups excluding carboxylic acids is 2. The molecular formula is C23H25FN2O3. The molecule has 1 heterocycles. The smallest absolute Gasteiger partial charge is 0.253 e. The summed E-state index contributed by atoms with van der Waals surface area (Å²) in [5.74, 6) is 0.505. The molecule has 2 fully saturated rings. The fourth-order valence-electron chi connectivity index (χ4n) is 3.57. The van der Waals surface area contributed by atoms with Gasteiger partial charge < -0.3 is 15.0 Å². The van der Waals surface area contributed by atoms with Crippen LogP contribution in [-0.4, -0.2) is 42.5 Å². The number of benzene rings is 2. The molecule has 1 N–H and O–H groups in total. The Hall–Kier alpha value is -2.89. The molecule has 0 aromatic heterocycles. The van der Waals surface area contributed by atoms with Crippen LogP contribution in [0.25, 0.3) is 0 Å². The van der Waals surface area contributed by atoms with Crippen molar-refractivity contribution in [3.63, 3.8) is 0 Å². The number of carbonyl (C=O) groups is 2. The molecule has 2 aromatic carbocycles. The lowest BCUT2D eigenvalue weighted by Crippen LogP contribution is -2.41. The van der Waals surface area contributed by atoms with E-state index in [1.807, 2.05) is 17.0 Å². The minimum Gasteiger partial charge on any atom is -0.493 e. The van der Waals surface area contributed by atoms with Gasteiger partial charge in [-0.3, -0.25) is 9.59 Å². The lowest BCUT2D eigenvalue weighted by Gasteiger charge is -2.32. The lowest BCUT2D eigenvalue weighted by atomic mass is 9.98. The van der Waals surface area contributed by atoms with Crippen LogP contribution >= 0.6 is 0 Å². The van der Waals surface area contributed by atoms with Crippen molar-refractivity contribution in [3.05, 3.63) is 65.5 Å². The van der Waals surface area contributed by atoms with Crippen LogP contribution in [0.15, 0.2) is 48.5 Å². The van der Waals surface area contributed by atoms with Gasteiger partial charge in [-0.25, -0.2) is 4.39 Å². The van der Waals surface area contributed by atoms with E-state index < -0.39 is 0 Å². The Bertz CT molecular complexity index is 863. The molecule has 0 spiro atoms. The van der Waals surface area contributed by atoms with Crippen LogP contribution in [0.3, 0.4) is 0 Å². The van der Waals surface area contributed by atoms with Crippen molar-refractivity contribution in [2.45, 2.75) is 31.7 Å². The molecule has 1 saturated carbocycles. The first kappa shape index (κ1) is 19.4. The Kier molecular flexibility index (Phi) is 5.79. The highest BCUT2D eigenvalue weighted by Crippen LogP contribution is 2.22. The highest BCUT2D eigenvalue weighted by Gasteiger charge is 2.25. The zero-order valence-electron chi connectivity index (χ0n) is 16.3. The van der Waals surface area contributed by atoms with Gasteiger partial charge in [0.1, 0.15) is 11.6 Å². The Morgan fingerprint density at radius 2 is 1.69 bits per heavy atom. The van der Waals surface area contributed by atoms with Crippen molar-refractivity contribution in [1.29, 1.82) is 0 Å². The molecule has 1 saturated heterocycles. The van der Waals surface area contributed by atoms with E-state index >= 15 is 0 Å². The number of hydrogen-bond donors (Lipinski definition) is 1. The van der Waals surface area contributed by atoms with Crippen LogP contribution in [0.2, 0.25) is 0 Å². The highest BCUT2D eigenvalue weighted by molar-refractivity contribution is 5.95. The summed E-state index contributed by atoms with van der Waals surface area (Å²) in [5, 5.41) is 2.97. The summed E-state index contributed by atoms with van der Waals surface area (Å²) >= 11 is 0. The number of halogens is 1. The van der Waals surface area contributed by atoms with Crippen molar-refractivity contribution >= 4 is 11.8 Å². The number of likely N-dealkylation sites (tertiary alicyclic amines) is 1. The minimum atomic E-state index is -0.345. The average molecular weight is 396 g/mol. The Morgan fingerprint density at radius 3 is 2.38 bits per heavy atom. The number of piperidine rings is 1. The van der Waals surface area contributed by atoms with Gasteiger partial charge in [0.2, 0.25) is 0 Å². The van der Waals surface area contributed by atoms with Crippen LogP contribution in [0, 0.1) is 11.7 Å². The standard InChI is InChI=1S/C23H25FN2O3/c24-19-7-3-18(4-8-19)23(28)26-13-1-2-16(14-26)15-29-21-11-5-17(6-12-21)22(27)25-20-9-10-20/h3-8,11-12,16,20H,1-2,9-10,13-15H2,(H,25,27)/t16-/m0/s1. The van der Waals surface area contributed by atoms with Crippen molar-refractivity contribution in [1.82, 2.24) is 10.2 Å². The van der Waals surface area contributed by atoms with Gasteiger partial charge in [0.05, 0.1) is 6.61 Å². The number of nitrogens with zero attached hydrogens (tertiary/aromatic N) is 1. The number of ether oxygens (including phenoxy) is 1. The fraction of sp³-hybridized carbons (Fsp3) is 0.391. The van der Waals surface area contributed by atoms with Crippen molar-refractivity contribution in [3.8, 4) is 5.75 Å². The Morgan fingerprint density at radius 1 is 1.00 bits per heavy atom. The van der Waals surface area contributed by atoms with E-state index in [9.17, 15) is 14.0 Å². The minimum absolute atomic E-state index is 0.0405. The molecule has 6 heteroatoms. The Labute approximate surface area is 169 Å². The summed E-state index contributed by atoms with van der Waals surface area (Å²) in [4.78, 5) is 26.5. The number of amides is 2. The van der Waals surface area contributed by atoms with E-state index in [0.29, 0.717) is 36.9 Å². The maximum Gasteiger partial charge on any atom is 0.253 e. The van der Waals surface area contributed by atoms with Crippen LogP contribution < -0.4 is 10.1 Å². The van der Waals surface area contributed by atoms with Gasteiger partial charge in [-0.1, -0.05) is 0 Å². The summed E-state index contributed by atoms with van der Waals surface area (Å²) in [6, 6.07) is 13.2. The summed E-state index contributed by atoms with van der Waals surface area (Å²) < 4.78 is 19.0. The second kappa shape index (κ2) is 8.64. The third kappa shape index (κ3) is 5.13. The molecule has 0 bridgehead atoms. The molecule has 1 aliphatic carbocycles. The van der Waals surface area contributed by atoms with E-state index in [1.54, 1.807) is 12.1 Å². The third-order valence-corrected chi connectivity index (χ3v) is 5.41. The number of nitrogens with one attached hydrogen (secondary N) is 1. The molecule has 1 atom stereocenters. The van der Waals surface area contributed by atoms with Gasteiger partial charge in [-0.15, -0.1) is 0 Å². The number of hydrogen-bond acceptors (Lipinski definition) is 3. The first-order chi connectivity index (χ1) is 14.1. The van der Waals surface area contributed by atoms with Gasteiger partial charge in [0.25, 0.3) is 11.8 Å². The summed E-state index contributed by atoms with van der Waals surface area (Å²) in [5.41, 5.74) is 1.14. The highest BCUT2D eigenvalue weighted by atomic mass is 19.1. The fourth-order valence-corrected chi connectivity index (χ4v) is 3.57.